The molecule has 2 aromatic heterocycles. The molecule has 0 fully saturated rings. The second-order valence-corrected chi connectivity index (χ2v) is 7.03. The first-order valence-corrected chi connectivity index (χ1v) is 8.64. The molecule has 4 nitrogen and oxygen atoms in total. The van der Waals surface area contributed by atoms with Gasteiger partial charge in [-0.3, -0.25) is 4.79 Å². The Balaban J connectivity index is 1.79. The van der Waals surface area contributed by atoms with Gasteiger partial charge in [0.05, 0.1) is 4.53 Å². The number of hydrogen-bond acceptors (Lipinski definition) is 4. The van der Waals surface area contributed by atoms with E-state index in [0.29, 0.717) is 15.3 Å². The molecule has 0 unspecified atom stereocenters. The Morgan fingerprint density at radius 1 is 1.08 bits per heavy atom. The van der Waals surface area contributed by atoms with E-state index >= 15 is 0 Å². The molecule has 0 N–H and O–H groups in total. The number of thiazole rings is 1. The van der Waals surface area contributed by atoms with Crippen molar-refractivity contribution in [2.24, 2.45) is 0 Å². The molecule has 0 aliphatic heterocycles. The van der Waals surface area contributed by atoms with Crippen molar-refractivity contribution >= 4 is 38.3 Å². The fourth-order valence-corrected chi connectivity index (χ4v) is 3.44. The predicted molar refractivity (Wildman–Crippen MR) is 95.5 cm³/mol. The van der Waals surface area contributed by atoms with Gasteiger partial charge in [0.2, 0.25) is 4.96 Å². The molecule has 0 aliphatic carbocycles. The number of aromatic nitrogens is 3. The molecule has 118 valence electrons. The van der Waals surface area contributed by atoms with Crippen molar-refractivity contribution in [2.45, 2.75) is 0 Å². The van der Waals surface area contributed by atoms with Gasteiger partial charge in [-0.2, -0.15) is 9.50 Å². The monoisotopic (exact) mass is 401 g/mol. The average Bonchev–Trinajstić information content (AvgIpc) is 3.11. The molecule has 0 saturated carbocycles. The van der Waals surface area contributed by atoms with Gasteiger partial charge < -0.3 is 0 Å². The summed E-state index contributed by atoms with van der Waals surface area (Å²) >= 11 is 4.64. The molecular weight excluding hydrogens is 393 g/mol. The molecule has 0 aliphatic rings. The summed E-state index contributed by atoms with van der Waals surface area (Å²) in [7, 11) is 0. The second kappa shape index (κ2) is 5.92. The first-order chi connectivity index (χ1) is 11.6. The van der Waals surface area contributed by atoms with E-state index in [9.17, 15) is 9.18 Å². The second-order valence-electron chi connectivity index (χ2n) is 5.10. The number of nitrogens with zero attached hydrogens (tertiary/aromatic N) is 3. The Morgan fingerprint density at radius 3 is 2.46 bits per heavy atom. The van der Waals surface area contributed by atoms with Gasteiger partial charge in [0.15, 0.2) is 5.82 Å². The third kappa shape index (κ3) is 2.76. The smallest absolute Gasteiger partial charge is 0.266 e. The lowest BCUT2D eigenvalue weighted by atomic mass is 10.2. The SMILES string of the molecule is O=c1/c(=C/c2ccc(F)cc2)sc2nc(-c3ccc(Br)cc3)nn12. The van der Waals surface area contributed by atoms with E-state index < -0.39 is 0 Å². The number of benzene rings is 2. The summed E-state index contributed by atoms with van der Waals surface area (Å²) in [5, 5.41) is 4.30. The van der Waals surface area contributed by atoms with Crippen LogP contribution in [-0.4, -0.2) is 14.6 Å². The van der Waals surface area contributed by atoms with Gasteiger partial charge in [-0.25, -0.2) is 4.39 Å². The third-order valence-corrected chi connectivity index (χ3v) is 4.94. The highest BCUT2D eigenvalue weighted by atomic mass is 79.9. The highest BCUT2D eigenvalue weighted by Gasteiger charge is 2.11. The van der Waals surface area contributed by atoms with Crippen molar-refractivity contribution in [3.63, 3.8) is 0 Å². The summed E-state index contributed by atoms with van der Waals surface area (Å²) in [6.07, 6.45) is 1.71. The van der Waals surface area contributed by atoms with E-state index in [2.05, 4.69) is 26.0 Å². The molecule has 0 spiro atoms. The zero-order valence-corrected chi connectivity index (χ0v) is 14.5. The average molecular weight is 402 g/mol. The van der Waals surface area contributed by atoms with E-state index in [1.807, 2.05) is 24.3 Å². The van der Waals surface area contributed by atoms with Crippen LogP contribution in [0.15, 0.2) is 57.8 Å². The van der Waals surface area contributed by atoms with Crippen LogP contribution in [0.4, 0.5) is 4.39 Å². The fourth-order valence-electron chi connectivity index (χ4n) is 2.27. The minimum absolute atomic E-state index is 0.227. The van der Waals surface area contributed by atoms with Crippen LogP contribution >= 0.6 is 27.3 Å². The van der Waals surface area contributed by atoms with Crippen LogP contribution in [0.25, 0.3) is 22.4 Å². The molecule has 4 aromatic rings. The first-order valence-electron chi connectivity index (χ1n) is 7.03. The molecule has 2 heterocycles. The molecule has 0 atom stereocenters. The van der Waals surface area contributed by atoms with Crippen LogP contribution in [0.3, 0.4) is 0 Å². The highest BCUT2D eigenvalue weighted by molar-refractivity contribution is 9.10. The van der Waals surface area contributed by atoms with Crippen LogP contribution in [0.1, 0.15) is 5.56 Å². The molecule has 7 heteroatoms. The Hall–Kier alpha value is -2.38. The molecule has 0 bridgehead atoms. The van der Waals surface area contributed by atoms with Crippen LogP contribution < -0.4 is 10.1 Å². The van der Waals surface area contributed by atoms with Gasteiger partial charge in [-0.05, 0) is 35.9 Å². The van der Waals surface area contributed by atoms with Gasteiger partial charge in [-0.15, -0.1) is 5.10 Å². The Kier molecular flexibility index (Phi) is 3.74. The molecule has 4 rings (SSSR count). The lowest BCUT2D eigenvalue weighted by Crippen LogP contribution is -2.23. The van der Waals surface area contributed by atoms with Crippen molar-refractivity contribution in [1.82, 2.24) is 14.6 Å². The van der Waals surface area contributed by atoms with Crippen molar-refractivity contribution < 1.29 is 4.39 Å². The van der Waals surface area contributed by atoms with Crippen LogP contribution in [0.2, 0.25) is 0 Å². The lowest BCUT2D eigenvalue weighted by Gasteiger charge is -1.94. The van der Waals surface area contributed by atoms with E-state index in [0.717, 1.165) is 15.6 Å². The van der Waals surface area contributed by atoms with E-state index in [1.54, 1.807) is 18.2 Å². The van der Waals surface area contributed by atoms with E-state index in [4.69, 9.17) is 0 Å². The summed E-state index contributed by atoms with van der Waals surface area (Å²) in [4.78, 5) is 17.4. The third-order valence-electron chi connectivity index (χ3n) is 3.45. The standard InChI is InChI=1S/C17H9BrFN3OS/c18-12-5-3-11(4-6-12)15-20-17-22(21-15)16(23)14(24-17)9-10-1-7-13(19)8-2-10/h1-9H/b14-9-. The maximum Gasteiger partial charge on any atom is 0.291 e. The minimum atomic E-state index is -0.309. The highest BCUT2D eigenvalue weighted by Crippen LogP contribution is 2.19. The zero-order chi connectivity index (χ0) is 16.7. The van der Waals surface area contributed by atoms with E-state index in [-0.39, 0.29) is 11.4 Å². The van der Waals surface area contributed by atoms with Gasteiger partial charge in [0.25, 0.3) is 5.56 Å². The van der Waals surface area contributed by atoms with Gasteiger partial charge in [0.1, 0.15) is 5.82 Å². The van der Waals surface area contributed by atoms with Crippen LogP contribution in [0.5, 0.6) is 0 Å². The summed E-state index contributed by atoms with van der Waals surface area (Å²) < 4.78 is 15.7. The van der Waals surface area contributed by atoms with Crippen molar-refractivity contribution in [2.75, 3.05) is 0 Å². The summed E-state index contributed by atoms with van der Waals surface area (Å²) in [6.45, 7) is 0. The van der Waals surface area contributed by atoms with Gasteiger partial charge in [-0.1, -0.05) is 51.5 Å². The Morgan fingerprint density at radius 2 is 1.79 bits per heavy atom. The lowest BCUT2D eigenvalue weighted by molar-refractivity contribution is 0.628. The van der Waals surface area contributed by atoms with Crippen LogP contribution in [0, 0.1) is 5.82 Å². The summed E-state index contributed by atoms with van der Waals surface area (Å²) in [5.41, 5.74) is 1.37. The summed E-state index contributed by atoms with van der Waals surface area (Å²) in [5.74, 6) is 0.204. The molecule has 2 aromatic carbocycles. The number of halogens is 2. The first kappa shape index (κ1) is 15.2. The Labute approximate surface area is 148 Å². The van der Waals surface area contributed by atoms with Crippen LogP contribution in [-0.2, 0) is 0 Å². The molecular formula is C17H9BrFN3OS. The fraction of sp³-hybridized carbons (Fsp3) is 0. The predicted octanol–water partition coefficient (Wildman–Crippen LogP) is 3.27. The normalized spacial score (nSPS) is 12.2. The largest absolute Gasteiger partial charge is 0.291 e. The Bertz CT molecular complexity index is 1130. The molecule has 0 radical (unpaired) electrons. The molecule has 0 amide bonds. The summed E-state index contributed by atoms with van der Waals surface area (Å²) in [6, 6.07) is 13.5. The maximum absolute atomic E-state index is 13.0. The maximum atomic E-state index is 13.0. The van der Waals surface area contributed by atoms with Crippen molar-refractivity contribution in [3.8, 4) is 11.4 Å². The van der Waals surface area contributed by atoms with Crippen molar-refractivity contribution in [3.05, 3.63) is 79.3 Å². The zero-order valence-electron chi connectivity index (χ0n) is 12.1. The van der Waals surface area contributed by atoms with Gasteiger partial charge >= 0.3 is 0 Å². The van der Waals surface area contributed by atoms with Crippen molar-refractivity contribution in [1.29, 1.82) is 0 Å². The topological polar surface area (TPSA) is 47.3 Å². The van der Waals surface area contributed by atoms with Gasteiger partial charge in [0, 0.05) is 10.0 Å². The molecule has 0 saturated heterocycles. The quantitative estimate of drug-likeness (QED) is 0.517. The number of hydrogen-bond donors (Lipinski definition) is 0. The number of rotatable bonds is 2. The number of fused-ring (bicyclic) bond motifs is 1. The van der Waals surface area contributed by atoms with E-state index in [1.165, 1.54) is 28.0 Å². The minimum Gasteiger partial charge on any atom is -0.266 e. The molecule has 24 heavy (non-hydrogen) atoms.